The van der Waals surface area contributed by atoms with Crippen molar-refractivity contribution in [1.29, 1.82) is 0 Å². The van der Waals surface area contributed by atoms with E-state index in [9.17, 15) is 4.79 Å². The molecule has 1 aromatic carbocycles. The number of carbonyl (C=O) groups is 1. The molecule has 1 aromatic heterocycles. The van der Waals surface area contributed by atoms with Crippen LogP contribution in [0.5, 0.6) is 0 Å². The van der Waals surface area contributed by atoms with Gasteiger partial charge in [0.05, 0.1) is 11.4 Å². The Labute approximate surface area is 125 Å². The number of aromatic nitrogens is 1. The van der Waals surface area contributed by atoms with E-state index in [4.69, 9.17) is 10.5 Å². The highest BCUT2D eigenvalue weighted by molar-refractivity contribution is 5.79. The Morgan fingerprint density at radius 1 is 1.33 bits per heavy atom. The van der Waals surface area contributed by atoms with Crippen molar-refractivity contribution in [1.82, 2.24) is 4.98 Å². The zero-order chi connectivity index (χ0) is 15.5. The highest BCUT2D eigenvalue weighted by Gasteiger charge is 2.24. The van der Waals surface area contributed by atoms with Crippen molar-refractivity contribution in [2.24, 2.45) is 11.7 Å². The molecule has 4 nitrogen and oxygen atoms in total. The topological polar surface area (TPSA) is 65.2 Å². The van der Waals surface area contributed by atoms with Crippen molar-refractivity contribution in [2.75, 3.05) is 6.54 Å². The van der Waals surface area contributed by atoms with Gasteiger partial charge in [-0.1, -0.05) is 12.1 Å². The molecule has 0 aliphatic rings. The van der Waals surface area contributed by atoms with E-state index >= 15 is 0 Å². The summed E-state index contributed by atoms with van der Waals surface area (Å²) in [5, 5.41) is 1.06. The molecule has 2 N–H and O–H groups in total. The van der Waals surface area contributed by atoms with E-state index in [1.54, 1.807) is 6.20 Å². The molecule has 0 aliphatic carbocycles. The minimum atomic E-state index is -0.488. The van der Waals surface area contributed by atoms with Crippen LogP contribution in [0.2, 0.25) is 0 Å². The first-order valence-corrected chi connectivity index (χ1v) is 7.15. The van der Waals surface area contributed by atoms with E-state index in [1.807, 2.05) is 45.0 Å². The van der Waals surface area contributed by atoms with Crippen LogP contribution < -0.4 is 5.73 Å². The van der Waals surface area contributed by atoms with Crippen molar-refractivity contribution in [3.8, 4) is 0 Å². The summed E-state index contributed by atoms with van der Waals surface area (Å²) in [6.07, 6.45) is 2.35. The molecule has 1 heterocycles. The number of carbonyl (C=O) groups excluding carboxylic acids is 1. The van der Waals surface area contributed by atoms with Crippen LogP contribution in [-0.4, -0.2) is 23.1 Å². The van der Waals surface area contributed by atoms with Gasteiger partial charge in [-0.2, -0.15) is 0 Å². The Kier molecular flexibility index (Phi) is 4.58. The van der Waals surface area contributed by atoms with Gasteiger partial charge < -0.3 is 10.5 Å². The molecule has 112 valence electrons. The van der Waals surface area contributed by atoms with Crippen LogP contribution in [-0.2, 0) is 16.0 Å². The van der Waals surface area contributed by atoms with Gasteiger partial charge in [0.2, 0.25) is 0 Å². The van der Waals surface area contributed by atoms with Gasteiger partial charge in [0.1, 0.15) is 5.60 Å². The molecular weight excluding hydrogens is 264 g/mol. The summed E-state index contributed by atoms with van der Waals surface area (Å²) in [7, 11) is 0. The van der Waals surface area contributed by atoms with Crippen molar-refractivity contribution >= 4 is 16.9 Å². The first-order chi connectivity index (χ1) is 9.89. The van der Waals surface area contributed by atoms with E-state index in [0.29, 0.717) is 6.42 Å². The predicted octanol–water partition coefficient (Wildman–Crippen LogP) is 2.69. The van der Waals surface area contributed by atoms with Gasteiger partial charge in [-0.05, 0) is 51.0 Å². The van der Waals surface area contributed by atoms with E-state index < -0.39 is 5.60 Å². The molecule has 0 spiro atoms. The molecule has 1 unspecified atom stereocenters. The Hall–Kier alpha value is -1.94. The molecule has 1 atom stereocenters. The Morgan fingerprint density at radius 3 is 2.76 bits per heavy atom. The molecule has 2 rings (SSSR count). The lowest BCUT2D eigenvalue weighted by atomic mass is 9.98. The Balaban J connectivity index is 2.14. The fourth-order valence-electron chi connectivity index (χ4n) is 2.18. The molecule has 2 aromatic rings. The minimum absolute atomic E-state index is 0.240. The van der Waals surface area contributed by atoms with Crippen LogP contribution in [0.25, 0.3) is 10.9 Å². The largest absolute Gasteiger partial charge is 0.460 e. The number of pyridine rings is 1. The molecule has 0 bridgehead atoms. The van der Waals surface area contributed by atoms with Crippen LogP contribution in [0.15, 0.2) is 36.5 Å². The highest BCUT2D eigenvalue weighted by atomic mass is 16.6. The van der Waals surface area contributed by atoms with Crippen LogP contribution in [0.3, 0.4) is 0 Å². The predicted molar refractivity (Wildman–Crippen MR) is 83.8 cm³/mol. The van der Waals surface area contributed by atoms with E-state index in [2.05, 4.69) is 11.1 Å². The number of fused-ring (bicyclic) bond motifs is 1. The molecule has 0 aliphatic heterocycles. The summed E-state index contributed by atoms with van der Waals surface area (Å²) in [5.74, 6) is -0.561. The van der Waals surface area contributed by atoms with Crippen molar-refractivity contribution < 1.29 is 9.53 Å². The molecule has 0 saturated carbocycles. The van der Waals surface area contributed by atoms with Crippen LogP contribution >= 0.6 is 0 Å². The fraction of sp³-hybridized carbons (Fsp3) is 0.412. The van der Waals surface area contributed by atoms with Gasteiger partial charge in [0, 0.05) is 18.1 Å². The number of hydrogen-bond acceptors (Lipinski definition) is 4. The first kappa shape index (κ1) is 15.4. The van der Waals surface area contributed by atoms with Crippen molar-refractivity contribution in [3.05, 3.63) is 42.1 Å². The zero-order valence-corrected chi connectivity index (χ0v) is 12.8. The zero-order valence-electron chi connectivity index (χ0n) is 12.8. The Bertz CT molecular complexity index is 632. The maximum atomic E-state index is 12.1. The summed E-state index contributed by atoms with van der Waals surface area (Å²) in [5.41, 5.74) is 7.27. The number of nitrogens with zero attached hydrogens (tertiary/aromatic N) is 1. The maximum absolute atomic E-state index is 12.1. The number of rotatable bonds is 4. The highest BCUT2D eigenvalue weighted by Crippen LogP contribution is 2.18. The van der Waals surface area contributed by atoms with Gasteiger partial charge in [-0.3, -0.25) is 9.78 Å². The third-order valence-electron chi connectivity index (χ3n) is 3.17. The average molecular weight is 286 g/mol. The van der Waals surface area contributed by atoms with Crippen molar-refractivity contribution in [3.63, 3.8) is 0 Å². The van der Waals surface area contributed by atoms with Crippen LogP contribution in [0.4, 0.5) is 0 Å². The minimum Gasteiger partial charge on any atom is -0.460 e. The number of esters is 1. The average Bonchev–Trinajstić information content (AvgIpc) is 2.42. The van der Waals surface area contributed by atoms with Crippen LogP contribution in [0, 0.1) is 5.92 Å². The van der Waals surface area contributed by atoms with Gasteiger partial charge in [0.25, 0.3) is 0 Å². The lowest BCUT2D eigenvalue weighted by Crippen LogP contribution is -2.33. The molecular formula is C17H22N2O2. The van der Waals surface area contributed by atoms with E-state index in [0.717, 1.165) is 16.5 Å². The number of nitrogens with two attached hydrogens (primary N) is 1. The lowest BCUT2D eigenvalue weighted by molar-refractivity contribution is -0.159. The monoisotopic (exact) mass is 286 g/mol. The maximum Gasteiger partial charge on any atom is 0.311 e. The standard InChI is InChI=1S/C17H22N2O2/c1-17(2,3)21-16(20)14(11-18)10-12-6-7-15-13(9-12)5-4-8-19-15/h4-9,14H,10-11,18H2,1-3H3. The second-order valence-corrected chi connectivity index (χ2v) is 6.20. The van der Waals surface area contributed by atoms with Gasteiger partial charge in [-0.15, -0.1) is 0 Å². The van der Waals surface area contributed by atoms with Gasteiger partial charge >= 0.3 is 5.97 Å². The van der Waals surface area contributed by atoms with E-state index in [1.165, 1.54) is 0 Å². The lowest BCUT2D eigenvalue weighted by Gasteiger charge is -2.23. The third-order valence-corrected chi connectivity index (χ3v) is 3.17. The molecule has 0 amide bonds. The first-order valence-electron chi connectivity index (χ1n) is 7.15. The van der Waals surface area contributed by atoms with Crippen LogP contribution in [0.1, 0.15) is 26.3 Å². The summed E-state index contributed by atoms with van der Waals surface area (Å²) >= 11 is 0. The summed E-state index contributed by atoms with van der Waals surface area (Å²) in [4.78, 5) is 16.4. The summed E-state index contributed by atoms with van der Waals surface area (Å²) < 4.78 is 5.42. The molecule has 4 heteroatoms. The number of hydrogen-bond donors (Lipinski definition) is 1. The van der Waals surface area contributed by atoms with Crippen molar-refractivity contribution in [2.45, 2.75) is 32.8 Å². The molecule has 0 saturated heterocycles. The second kappa shape index (κ2) is 6.22. The second-order valence-electron chi connectivity index (χ2n) is 6.20. The number of benzene rings is 1. The van der Waals surface area contributed by atoms with E-state index in [-0.39, 0.29) is 18.4 Å². The SMILES string of the molecule is CC(C)(C)OC(=O)C(CN)Cc1ccc2ncccc2c1. The Morgan fingerprint density at radius 2 is 2.10 bits per heavy atom. The summed E-state index contributed by atoms with van der Waals surface area (Å²) in [6, 6.07) is 9.92. The van der Waals surface area contributed by atoms with Gasteiger partial charge in [0.15, 0.2) is 0 Å². The smallest absolute Gasteiger partial charge is 0.311 e. The normalized spacial score (nSPS) is 13.1. The quantitative estimate of drug-likeness (QED) is 0.878. The molecule has 0 fully saturated rings. The van der Waals surface area contributed by atoms with Gasteiger partial charge in [-0.25, -0.2) is 0 Å². The fourth-order valence-corrected chi connectivity index (χ4v) is 2.18. The molecule has 21 heavy (non-hydrogen) atoms. The number of ether oxygens (including phenoxy) is 1. The summed E-state index contributed by atoms with van der Waals surface area (Å²) in [6.45, 7) is 5.86. The molecule has 0 radical (unpaired) electrons. The third kappa shape index (κ3) is 4.26.